The van der Waals surface area contributed by atoms with E-state index in [1.54, 1.807) is 13.4 Å². The molecule has 0 aliphatic carbocycles. The van der Waals surface area contributed by atoms with Crippen molar-refractivity contribution >= 4 is 11.9 Å². The minimum Gasteiger partial charge on any atom is -0.495 e. The van der Waals surface area contributed by atoms with Crippen LogP contribution in [0, 0.1) is 6.92 Å². The molecule has 1 aromatic heterocycles. The second kappa shape index (κ2) is 6.16. The van der Waals surface area contributed by atoms with Crippen LogP contribution in [0.25, 0.3) is 11.8 Å². The minimum atomic E-state index is -0.0521. The van der Waals surface area contributed by atoms with Gasteiger partial charge in [0, 0.05) is 6.20 Å². The van der Waals surface area contributed by atoms with Crippen molar-refractivity contribution < 1.29 is 14.3 Å². The number of methoxy groups -OCH3 is 1. The van der Waals surface area contributed by atoms with Crippen LogP contribution in [0.4, 0.5) is 0 Å². The SMILES string of the molecule is COc1cc(/C=C2\OCCN3C2=NO[C@H]3C)ccc1-n1cnc(C)c1. The maximum Gasteiger partial charge on any atom is 0.213 e. The van der Waals surface area contributed by atoms with Gasteiger partial charge in [-0.1, -0.05) is 11.2 Å². The van der Waals surface area contributed by atoms with Crippen molar-refractivity contribution in [1.29, 1.82) is 0 Å². The van der Waals surface area contributed by atoms with E-state index in [1.165, 1.54) is 0 Å². The molecule has 7 heteroatoms. The molecule has 0 bridgehead atoms. The van der Waals surface area contributed by atoms with Gasteiger partial charge in [-0.2, -0.15) is 0 Å². The summed E-state index contributed by atoms with van der Waals surface area (Å²) >= 11 is 0. The molecule has 1 atom stereocenters. The zero-order valence-corrected chi connectivity index (χ0v) is 14.5. The van der Waals surface area contributed by atoms with E-state index in [4.69, 9.17) is 14.3 Å². The van der Waals surface area contributed by atoms with Crippen LogP contribution in [0.5, 0.6) is 5.75 Å². The molecule has 0 saturated carbocycles. The van der Waals surface area contributed by atoms with E-state index in [2.05, 4.69) is 15.0 Å². The number of oxime groups is 1. The summed E-state index contributed by atoms with van der Waals surface area (Å²) in [6.07, 6.45) is 5.64. The van der Waals surface area contributed by atoms with E-state index < -0.39 is 0 Å². The summed E-state index contributed by atoms with van der Waals surface area (Å²) in [6.45, 7) is 5.32. The Morgan fingerprint density at radius 3 is 3.00 bits per heavy atom. The molecule has 1 saturated heterocycles. The summed E-state index contributed by atoms with van der Waals surface area (Å²) < 4.78 is 13.3. The molecule has 2 aromatic rings. The molecular formula is C18H20N4O3. The highest BCUT2D eigenvalue weighted by atomic mass is 16.7. The largest absolute Gasteiger partial charge is 0.495 e. The van der Waals surface area contributed by atoms with Crippen molar-refractivity contribution in [2.45, 2.75) is 20.1 Å². The number of aromatic nitrogens is 2. The Balaban J connectivity index is 1.67. The number of hydrogen-bond acceptors (Lipinski definition) is 6. The number of benzene rings is 1. The van der Waals surface area contributed by atoms with Crippen molar-refractivity contribution in [2.24, 2.45) is 5.16 Å². The van der Waals surface area contributed by atoms with Gasteiger partial charge in [0.25, 0.3) is 0 Å². The Hall–Kier alpha value is -2.96. The van der Waals surface area contributed by atoms with Crippen LogP contribution >= 0.6 is 0 Å². The standard InChI is InChI=1S/C18H20N4O3/c1-12-10-21(11-19-12)15-5-4-14(8-16(15)23-3)9-17-18-20-25-13(2)22(18)6-7-24-17/h4-5,8-11,13H,6-7H2,1-3H3/b17-9-/t13-/m0/s1. The van der Waals surface area contributed by atoms with Crippen LogP contribution in [0.1, 0.15) is 18.2 Å². The van der Waals surface area contributed by atoms with Crippen LogP contribution in [-0.4, -0.2) is 46.8 Å². The molecule has 0 amide bonds. The summed E-state index contributed by atoms with van der Waals surface area (Å²) in [7, 11) is 1.66. The number of nitrogens with zero attached hydrogens (tertiary/aromatic N) is 4. The molecule has 7 nitrogen and oxygen atoms in total. The van der Waals surface area contributed by atoms with Crippen LogP contribution in [-0.2, 0) is 9.57 Å². The molecule has 0 unspecified atom stereocenters. The zero-order chi connectivity index (χ0) is 17.4. The first-order valence-electron chi connectivity index (χ1n) is 8.20. The Kier molecular flexibility index (Phi) is 3.83. The molecule has 0 radical (unpaired) electrons. The molecular weight excluding hydrogens is 320 g/mol. The fraction of sp³-hybridized carbons (Fsp3) is 0.333. The van der Waals surface area contributed by atoms with Crippen LogP contribution < -0.4 is 4.74 Å². The van der Waals surface area contributed by atoms with Gasteiger partial charge < -0.3 is 23.8 Å². The summed E-state index contributed by atoms with van der Waals surface area (Å²) in [5.74, 6) is 2.22. The summed E-state index contributed by atoms with van der Waals surface area (Å²) in [5, 5.41) is 4.13. The number of ether oxygens (including phenoxy) is 2. The van der Waals surface area contributed by atoms with E-state index >= 15 is 0 Å². The lowest BCUT2D eigenvalue weighted by Gasteiger charge is -2.28. The highest BCUT2D eigenvalue weighted by Crippen LogP contribution is 2.28. The first-order valence-corrected chi connectivity index (χ1v) is 8.20. The van der Waals surface area contributed by atoms with Gasteiger partial charge in [-0.25, -0.2) is 4.98 Å². The van der Waals surface area contributed by atoms with E-state index in [9.17, 15) is 0 Å². The fourth-order valence-corrected chi connectivity index (χ4v) is 3.01. The van der Waals surface area contributed by atoms with Gasteiger partial charge in [0.15, 0.2) is 12.0 Å². The Bertz CT molecular complexity index is 856. The van der Waals surface area contributed by atoms with Gasteiger partial charge >= 0.3 is 0 Å². The van der Waals surface area contributed by atoms with E-state index in [0.29, 0.717) is 12.4 Å². The van der Waals surface area contributed by atoms with Gasteiger partial charge in [-0.05, 0) is 37.6 Å². The van der Waals surface area contributed by atoms with Gasteiger partial charge in [0.1, 0.15) is 12.4 Å². The van der Waals surface area contributed by atoms with Crippen molar-refractivity contribution in [3.05, 3.63) is 47.7 Å². The summed E-state index contributed by atoms with van der Waals surface area (Å²) in [4.78, 5) is 11.7. The third-order valence-corrected chi connectivity index (χ3v) is 4.30. The maximum absolute atomic E-state index is 5.79. The molecule has 1 fully saturated rings. The molecule has 130 valence electrons. The summed E-state index contributed by atoms with van der Waals surface area (Å²) in [6, 6.07) is 5.99. The molecule has 0 spiro atoms. The Morgan fingerprint density at radius 2 is 2.24 bits per heavy atom. The normalized spacial score (nSPS) is 20.8. The lowest BCUT2D eigenvalue weighted by atomic mass is 10.1. The fourth-order valence-electron chi connectivity index (χ4n) is 3.01. The molecule has 1 aromatic carbocycles. The summed E-state index contributed by atoms with van der Waals surface area (Å²) in [5.41, 5.74) is 2.86. The van der Waals surface area contributed by atoms with Crippen molar-refractivity contribution in [3.63, 3.8) is 0 Å². The quantitative estimate of drug-likeness (QED) is 0.859. The monoisotopic (exact) mass is 340 g/mol. The highest BCUT2D eigenvalue weighted by Gasteiger charge is 2.33. The van der Waals surface area contributed by atoms with Crippen molar-refractivity contribution in [2.75, 3.05) is 20.3 Å². The minimum absolute atomic E-state index is 0.0521. The Labute approximate surface area is 146 Å². The average Bonchev–Trinajstić information content (AvgIpc) is 3.22. The van der Waals surface area contributed by atoms with E-state index in [-0.39, 0.29) is 6.23 Å². The molecule has 0 N–H and O–H groups in total. The smallest absolute Gasteiger partial charge is 0.213 e. The lowest BCUT2D eigenvalue weighted by Crippen LogP contribution is -2.41. The molecule has 2 aliphatic heterocycles. The molecule has 2 aliphatic rings. The van der Waals surface area contributed by atoms with Crippen LogP contribution in [0.15, 0.2) is 41.6 Å². The average molecular weight is 340 g/mol. The number of imidazole rings is 1. The predicted octanol–water partition coefficient (Wildman–Crippen LogP) is 2.55. The van der Waals surface area contributed by atoms with Crippen molar-refractivity contribution in [1.82, 2.24) is 14.5 Å². The second-order valence-corrected chi connectivity index (χ2v) is 6.02. The maximum atomic E-state index is 5.79. The van der Waals surface area contributed by atoms with E-state index in [0.717, 1.165) is 35.1 Å². The number of aryl methyl sites for hydroxylation is 1. The van der Waals surface area contributed by atoms with Gasteiger partial charge in [-0.15, -0.1) is 0 Å². The van der Waals surface area contributed by atoms with Crippen molar-refractivity contribution in [3.8, 4) is 11.4 Å². The Morgan fingerprint density at radius 1 is 1.36 bits per heavy atom. The topological polar surface area (TPSA) is 61.1 Å². The molecule has 4 rings (SSSR count). The van der Waals surface area contributed by atoms with Crippen LogP contribution in [0.3, 0.4) is 0 Å². The molecule has 25 heavy (non-hydrogen) atoms. The third-order valence-electron chi connectivity index (χ3n) is 4.30. The predicted molar refractivity (Wildman–Crippen MR) is 93.5 cm³/mol. The number of hydrogen-bond donors (Lipinski definition) is 0. The van der Waals surface area contributed by atoms with Crippen LogP contribution in [0.2, 0.25) is 0 Å². The third kappa shape index (κ3) is 2.82. The first kappa shape index (κ1) is 15.6. The number of amidine groups is 1. The zero-order valence-electron chi connectivity index (χ0n) is 14.5. The number of morpholine rings is 1. The van der Waals surface area contributed by atoms with Gasteiger partial charge in [0.05, 0.1) is 31.4 Å². The number of fused-ring (bicyclic) bond motifs is 1. The lowest BCUT2D eigenvalue weighted by molar-refractivity contribution is 0.0137. The van der Waals surface area contributed by atoms with Gasteiger partial charge in [0.2, 0.25) is 5.84 Å². The van der Waals surface area contributed by atoms with E-state index in [1.807, 2.05) is 48.9 Å². The molecule has 3 heterocycles. The first-order chi connectivity index (χ1) is 12.2. The van der Waals surface area contributed by atoms with Gasteiger partial charge in [-0.3, -0.25) is 0 Å². The second-order valence-electron chi connectivity index (χ2n) is 6.02. The highest BCUT2D eigenvalue weighted by molar-refractivity contribution is 6.01. The number of rotatable bonds is 3.